The van der Waals surface area contributed by atoms with Gasteiger partial charge in [0, 0.05) is 24.3 Å². The maximum Gasteiger partial charge on any atom is 0.152 e. The zero-order chi connectivity index (χ0) is 13.3. The number of hydrogen-bond donors (Lipinski definition) is 0. The summed E-state index contributed by atoms with van der Waals surface area (Å²) in [6.45, 7) is 1.93. The van der Waals surface area contributed by atoms with Gasteiger partial charge in [-0.2, -0.15) is 0 Å². The Morgan fingerprint density at radius 3 is 2.67 bits per heavy atom. The molecule has 1 aliphatic rings. The third kappa shape index (κ3) is 2.56. The summed E-state index contributed by atoms with van der Waals surface area (Å²) in [4.78, 5) is 13.0. The number of sulfone groups is 1. The molecule has 1 unspecified atom stereocenters. The second-order valence-corrected chi connectivity index (χ2v) is 7.08. The molecular weight excluding hydrogens is 250 g/mol. The zero-order valence-corrected chi connectivity index (χ0v) is 11.4. The number of carbonyl (C=O) groups excluding carboxylic acids is 1. The summed E-state index contributed by atoms with van der Waals surface area (Å²) >= 11 is 0. The zero-order valence-electron chi connectivity index (χ0n) is 10.6. The van der Waals surface area contributed by atoms with Gasteiger partial charge in [0.1, 0.15) is 0 Å². The summed E-state index contributed by atoms with van der Waals surface area (Å²) in [5.41, 5.74) is 2.44. The molecule has 4 nitrogen and oxygen atoms in total. The fourth-order valence-electron chi connectivity index (χ4n) is 2.37. The highest BCUT2D eigenvalue weighted by molar-refractivity contribution is 7.91. The van der Waals surface area contributed by atoms with Crippen LogP contribution in [0.25, 0.3) is 0 Å². The molecule has 0 aromatic heterocycles. The molecule has 18 heavy (non-hydrogen) atoms. The lowest BCUT2D eigenvalue weighted by atomic mass is 10.1. The molecule has 1 aromatic rings. The van der Waals surface area contributed by atoms with Crippen LogP contribution in [-0.2, 0) is 9.84 Å². The van der Waals surface area contributed by atoms with Gasteiger partial charge in [-0.1, -0.05) is 11.6 Å². The van der Waals surface area contributed by atoms with Gasteiger partial charge in [-0.25, -0.2) is 8.42 Å². The van der Waals surface area contributed by atoms with Crippen molar-refractivity contribution in [3.8, 4) is 0 Å². The third-order valence-electron chi connectivity index (χ3n) is 3.45. The van der Waals surface area contributed by atoms with E-state index in [1.165, 1.54) is 0 Å². The van der Waals surface area contributed by atoms with E-state index in [-0.39, 0.29) is 17.5 Å². The van der Waals surface area contributed by atoms with E-state index >= 15 is 0 Å². The SMILES string of the molecule is Cc1ccc(N(C)C2CCS(=O)(=O)C2)c(C=O)c1. The van der Waals surface area contributed by atoms with Crippen molar-refractivity contribution in [1.29, 1.82) is 0 Å². The standard InChI is InChI=1S/C13H17NO3S/c1-10-3-4-13(11(7-10)8-15)14(2)12-5-6-18(16,17)9-12/h3-4,7-8,12H,5-6,9H2,1-2H3. The molecule has 1 saturated heterocycles. The molecule has 0 saturated carbocycles. The Labute approximate surface area is 108 Å². The van der Waals surface area contributed by atoms with Crippen LogP contribution in [0.5, 0.6) is 0 Å². The van der Waals surface area contributed by atoms with Crippen molar-refractivity contribution < 1.29 is 13.2 Å². The van der Waals surface area contributed by atoms with Crippen molar-refractivity contribution in [2.24, 2.45) is 0 Å². The van der Waals surface area contributed by atoms with Crippen LogP contribution >= 0.6 is 0 Å². The van der Waals surface area contributed by atoms with Crippen molar-refractivity contribution >= 4 is 21.8 Å². The maximum absolute atomic E-state index is 11.5. The van der Waals surface area contributed by atoms with Gasteiger partial charge in [-0.05, 0) is 25.5 Å². The molecule has 2 rings (SSSR count). The van der Waals surface area contributed by atoms with Crippen molar-refractivity contribution in [3.63, 3.8) is 0 Å². The van der Waals surface area contributed by atoms with Crippen molar-refractivity contribution in [3.05, 3.63) is 29.3 Å². The first-order valence-corrected chi connectivity index (χ1v) is 7.74. The Morgan fingerprint density at radius 1 is 1.39 bits per heavy atom. The fraction of sp³-hybridized carbons (Fsp3) is 0.462. The summed E-state index contributed by atoms with van der Waals surface area (Å²) in [6, 6.07) is 5.60. The van der Waals surface area contributed by atoms with Crippen LogP contribution in [0.2, 0.25) is 0 Å². The number of hydrogen-bond acceptors (Lipinski definition) is 4. The average Bonchev–Trinajstić information content (AvgIpc) is 2.68. The Bertz CT molecular complexity index is 566. The van der Waals surface area contributed by atoms with Gasteiger partial charge in [0.05, 0.1) is 11.5 Å². The van der Waals surface area contributed by atoms with Crippen LogP contribution in [0.15, 0.2) is 18.2 Å². The number of benzene rings is 1. The normalized spacial score (nSPS) is 21.8. The molecule has 0 N–H and O–H groups in total. The lowest BCUT2D eigenvalue weighted by Crippen LogP contribution is -2.33. The Balaban J connectivity index is 2.29. The smallest absolute Gasteiger partial charge is 0.152 e. The minimum absolute atomic E-state index is 0.0311. The first-order valence-electron chi connectivity index (χ1n) is 5.92. The Kier molecular flexibility index (Phi) is 3.43. The lowest BCUT2D eigenvalue weighted by molar-refractivity contribution is 0.112. The van der Waals surface area contributed by atoms with Crippen LogP contribution in [0, 0.1) is 6.92 Å². The molecule has 98 valence electrons. The van der Waals surface area contributed by atoms with Crippen LogP contribution in [0.3, 0.4) is 0 Å². The number of nitrogens with zero attached hydrogens (tertiary/aromatic N) is 1. The average molecular weight is 267 g/mol. The quantitative estimate of drug-likeness (QED) is 0.777. The largest absolute Gasteiger partial charge is 0.370 e. The molecule has 0 radical (unpaired) electrons. The van der Waals surface area contributed by atoms with E-state index in [2.05, 4.69) is 0 Å². The molecule has 1 aliphatic heterocycles. The molecule has 1 fully saturated rings. The molecule has 0 bridgehead atoms. The lowest BCUT2D eigenvalue weighted by Gasteiger charge is -2.27. The Morgan fingerprint density at radius 2 is 2.11 bits per heavy atom. The van der Waals surface area contributed by atoms with Crippen LogP contribution in [-0.4, -0.2) is 39.3 Å². The van der Waals surface area contributed by atoms with E-state index in [1.807, 2.05) is 37.1 Å². The summed E-state index contributed by atoms with van der Waals surface area (Å²) in [5.74, 6) is 0.417. The molecule has 1 aromatic carbocycles. The van der Waals surface area contributed by atoms with Crippen molar-refractivity contribution in [2.45, 2.75) is 19.4 Å². The van der Waals surface area contributed by atoms with E-state index in [0.29, 0.717) is 12.0 Å². The van der Waals surface area contributed by atoms with Gasteiger partial charge in [-0.3, -0.25) is 4.79 Å². The number of aldehydes is 1. The Hall–Kier alpha value is -1.36. The number of anilines is 1. The number of rotatable bonds is 3. The minimum atomic E-state index is -2.91. The topological polar surface area (TPSA) is 54.5 Å². The third-order valence-corrected chi connectivity index (χ3v) is 5.20. The van der Waals surface area contributed by atoms with Gasteiger partial charge in [0.15, 0.2) is 16.1 Å². The highest BCUT2D eigenvalue weighted by atomic mass is 32.2. The van der Waals surface area contributed by atoms with E-state index in [9.17, 15) is 13.2 Å². The number of carbonyl (C=O) groups is 1. The highest BCUT2D eigenvalue weighted by Gasteiger charge is 2.31. The van der Waals surface area contributed by atoms with Crippen LogP contribution in [0.4, 0.5) is 5.69 Å². The molecule has 0 spiro atoms. The van der Waals surface area contributed by atoms with Crippen LogP contribution < -0.4 is 4.90 Å². The van der Waals surface area contributed by atoms with Gasteiger partial charge >= 0.3 is 0 Å². The summed E-state index contributed by atoms with van der Waals surface area (Å²) < 4.78 is 23.0. The summed E-state index contributed by atoms with van der Waals surface area (Å²) in [6.07, 6.45) is 1.45. The predicted octanol–water partition coefficient (Wildman–Crippen LogP) is 1.43. The molecule has 1 heterocycles. The minimum Gasteiger partial charge on any atom is -0.370 e. The van der Waals surface area contributed by atoms with Gasteiger partial charge in [0.25, 0.3) is 0 Å². The van der Waals surface area contributed by atoms with E-state index < -0.39 is 9.84 Å². The number of aryl methyl sites for hydroxylation is 1. The summed E-state index contributed by atoms with van der Waals surface area (Å²) in [5, 5.41) is 0. The van der Waals surface area contributed by atoms with Crippen molar-refractivity contribution in [1.82, 2.24) is 0 Å². The molecule has 0 aliphatic carbocycles. The van der Waals surface area contributed by atoms with Crippen LogP contribution in [0.1, 0.15) is 22.3 Å². The molecule has 0 amide bonds. The molecule has 5 heteroatoms. The highest BCUT2D eigenvalue weighted by Crippen LogP contribution is 2.26. The second-order valence-electron chi connectivity index (χ2n) is 4.85. The van der Waals surface area contributed by atoms with Gasteiger partial charge in [0.2, 0.25) is 0 Å². The van der Waals surface area contributed by atoms with Gasteiger partial charge in [-0.15, -0.1) is 0 Å². The van der Waals surface area contributed by atoms with E-state index in [1.54, 1.807) is 0 Å². The maximum atomic E-state index is 11.5. The molecule has 1 atom stereocenters. The monoisotopic (exact) mass is 267 g/mol. The van der Waals surface area contributed by atoms with E-state index in [0.717, 1.165) is 17.5 Å². The second kappa shape index (κ2) is 4.72. The van der Waals surface area contributed by atoms with E-state index in [4.69, 9.17) is 0 Å². The fourth-order valence-corrected chi connectivity index (χ4v) is 4.14. The first kappa shape index (κ1) is 13.1. The molecular formula is C13H17NO3S. The first-order chi connectivity index (χ1) is 8.43. The predicted molar refractivity (Wildman–Crippen MR) is 72.0 cm³/mol. The van der Waals surface area contributed by atoms with Gasteiger partial charge < -0.3 is 4.90 Å². The van der Waals surface area contributed by atoms with Crippen molar-refractivity contribution in [2.75, 3.05) is 23.5 Å². The summed E-state index contributed by atoms with van der Waals surface area (Å²) in [7, 11) is -1.06.